The van der Waals surface area contributed by atoms with E-state index in [9.17, 15) is 4.79 Å². The number of rotatable bonds is 4. The van der Waals surface area contributed by atoms with E-state index in [1.807, 2.05) is 49.4 Å². The van der Waals surface area contributed by atoms with Crippen LogP contribution in [0.25, 0.3) is 22.6 Å². The minimum atomic E-state index is -0.450. The maximum absolute atomic E-state index is 11.6. The summed E-state index contributed by atoms with van der Waals surface area (Å²) in [5.41, 5.74) is 2.78. The topological polar surface area (TPSA) is 52.3 Å². The first-order chi connectivity index (χ1) is 11.2. The van der Waals surface area contributed by atoms with Gasteiger partial charge < -0.3 is 9.15 Å². The van der Waals surface area contributed by atoms with E-state index in [2.05, 4.69) is 4.98 Å². The Bertz CT molecular complexity index is 877. The molecule has 0 fully saturated rings. The Kier molecular flexibility index (Phi) is 4.24. The molecule has 23 heavy (non-hydrogen) atoms. The number of carbonyl (C=O) groups is 1. The van der Waals surface area contributed by atoms with E-state index in [1.54, 1.807) is 19.1 Å². The number of nitrogens with zero attached hydrogens (tertiary/aromatic N) is 1. The first kappa shape index (κ1) is 15.0. The Balaban J connectivity index is 1.87. The molecule has 1 aromatic carbocycles. The van der Waals surface area contributed by atoms with Crippen molar-refractivity contribution < 1.29 is 13.9 Å². The van der Waals surface area contributed by atoms with Crippen molar-refractivity contribution >= 4 is 28.5 Å². The minimum absolute atomic E-state index is 0.206. The molecule has 116 valence electrons. The third-order valence-corrected chi connectivity index (χ3v) is 3.46. The lowest BCUT2D eigenvalue weighted by atomic mass is 10.1. The number of para-hydroxylation sites is 1. The van der Waals surface area contributed by atoms with Gasteiger partial charge in [0.1, 0.15) is 5.76 Å². The van der Waals surface area contributed by atoms with Gasteiger partial charge in [0.2, 0.25) is 5.76 Å². The van der Waals surface area contributed by atoms with Crippen molar-refractivity contribution in [3.8, 4) is 0 Å². The Hall–Kier alpha value is -2.88. The van der Waals surface area contributed by atoms with Gasteiger partial charge in [-0.05, 0) is 49.8 Å². The van der Waals surface area contributed by atoms with E-state index in [0.717, 1.165) is 22.2 Å². The molecule has 4 nitrogen and oxygen atoms in total. The second-order valence-electron chi connectivity index (χ2n) is 5.14. The number of fused-ring (bicyclic) bond motifs is 1. The van der Waals surface area contributed by atoms with Crippen molar-refractivity contribution in [1.29, 1.82) is 0 Å². The number of furan rings is 1. The molecule has 0 saturated carbocycles. The van der Waals surface area contributed by atoms with Crippen molar-refractivity contribution in [2.75, 3.05) is 6.61 Å². The molecule has 3 aromatic rings. The van der Waals surface area contributed by atoms with Crippen LogP contribution < -0.4 is 0 Å². The Morgan fingerprint density at radius 2 is 2.00 bits per heavy atom. The second kappa shape index (κ2) is 6.48. The molecule has 0 radical (unpaired) electrons. The maximum atomic E-state index is 11.6. The van der Waals surface area contributed by atoms with Gasteiger partial charge in [-0.3, -0.25) is 0 Å². The highest BCUT2D eigenvalue weighted by atomic mass is 16.5. The molecule has 0 spiro atoms. The maximum Gasteiger partial charge on any atom is 0.374 e. The number of allylic oxidation sites excluding steroid dienone is 1. The molecule has 3 rings (SSSR count). The van der Waals surface area contributed by atoms with Gasteiger partial charge >= 0.3 is 5.97 Å². The number of carbonyl (C=O) groups excluding carboxylic acids is 1. The Morgan fingerprint density at radius 3 is 2.83 bits per heavy atom. The van der Waals surface area contributed by atoms with Crippen LogP contribution in [0.15, 0.2) is 52.9 Å². The molecule has 2 heterocycles. The highest BCUT2D eigenvalue weighted by Crippen LogP contribution is 2.21. The SMILES string of the molecule is CCOC(=O)c1ccc(C=C(C)c2ccc3ccccc3n2)o1. The van der Waals surface area contributed by atoms with Crippen LogP contribution in [0.3, 0.4) is 0 Å². The number of pyridine rings is 1. The van der Waals surface area contributed by atoms with Gasteiger partial charge in [0.15, 0.2) is 0 Å². The Morgan fingerprint density at radius 1 is 1.17 bits per heavy atom. The van der Waals surface area contributed by atoms with Gasteiger partial charge in [-0.2, -0.15) is 0 Å². The molecule has 4 heteroatoms. The molecule has 0 N–H and O–H groups in total. The van der Waals surface area contributed by atoms with Crippen molar-refractivity contribution in [3.63, 3.8) is 0 Å². The van der Waals surface area contributed by atoms with Crippen LogP contribution in [0.1, 0.15) is 35.9 Å². The molecule has 0 bridgehead atoms. The van der Waals surface area contributed by atoms with Crippen molar-refractivity contribution in [2.24, 2.45) is 0 Å². The van der Waals surface area contributed by atoms with Crippen LogP contribution >= 0.6 is 0 Å². The predicted octanol–water partition coefficient (Wildman–Crippen LogP) is 4.57. The van der Waals surface area contributed by atoms with E-state index in [1.165, 1.54) is 0 Å². The lowest BCUT2D eigenvalue weighted by Gasteiger charge is -2.03. The van der Waals surface area contributed by atoms with Crippen LogP contribution in [-0.2, 0) is 4.74 Å². The summed E-state index contributed by atoms with van der Waals surface area (Å²) in [5, 5.41) is 1.10. The number of esters is 1. The molecule has 0 aliphatic heterocycles. The summed E-state index contributed by atoms with van der Waals surface area (Å²) in [5.74, 6) is 0.353. The standard InChI is InChI=1S/C19H17NO3/c1-3-22-19(21)18-11-9-15(23-18)12-13(2)16-10-8-14-6-4-5-7-17(14)20-16/h4-12H,3H2,1-2H3. The molecule has 0 saturated heterocycles. The van der Waals surface area contributed by atoms with Crippen LogP contribution in [0.2, 0.25) is 0 Å². The van der Waals surface area contributed by atoms with E-state index in [-0.39, 0.29) is 5.76 Å². The van der Waals surface area contributed by atoms with Gasteiger partial charge in [-0.15, -0.1) is 0 Å². The molecule has 0 atom stereocenters. The lowest BCUT2D eigenvalue weighted by molar-refractivity contribution is 0.0489. The Labute approximate surface area is 134 Å². The number of benzene rings is 1. The fraction of sp³-hybridized carbons (Fsp3) is 0.158. The average Bonchev–Trinajstić information content (AvgIpc) is 3.03. The fourth-order valence-electron chi connectivity index (χ4n) is 2.32. The highest BCUT2D eigenvalue weighted by molar-refractivity contribution is 5.87. The summed E-state index contributed by atoms with van der Waals surface area (Å²) in [6, 6.07) is 15.4. The largest absolute Gasteiger partial charge is 0.460 e. The summed E-state index contributed by atoms with van der Waals surface area (Å²) in [6.45, 7) is 4.05. The quantitative estimate of drug-likeness (QED) is 0.663. The monoisotopic (exact) mass is 307 g/mol. The molecule has 0 aliphatic rings. The molecule has 0 amide bonds. The zero-order valence-electron chi connectivity index (χ0n) is 13.1. The summed E-state index contributed by atoms with van der Waals surface area (Å²) < 4.78 is 10.4. The molecular weight excluding hydrogens is 290 g/mol. The fourth-order valence-corrected chi connectivity index (χ4v) is 2.32. The van der Waals surface area contributed by atoms with Gasteiger partial charge in [-0.1, -0.05) is 24.3 Å². The van der Waals surface area contributed by atoms with Crippen LogP contribution in [0.4, 0.5) is 0 Å². The molecule has 2 aromatic heterocycles. The van der Waals surface area contributed by atoms with Crippen LogP contribution in [0.5, 0.6) is 0 Å². The number of hydrogen-bond acceptors (Lipinski definition) is 4. The number of hydrogen-bond donors (Lipinski definition) is 0. The first-order valence-electron chi connectivity index (χ1n) is 7.49. The number of aromatic nitrogens is 1. The molecular formula is C19H17NO3. The summed E-state index contributed by atoms with van der Waals surface area (Å²) in [4.78, 5) is 16.3. The van der Waals surface area contributed by atoms with E-state index >= 15 is 0 Å². The lowest BCUT2D eigenvalue weighted by Crippen LogP contribution is -2.02. The predicted molar refractivity (Wildman–Crippen MR) is 90.0 cm³/mol. The number of ether oxygens (including phenoxy) is 1. The summed E-state index contributed by atoms with van der Waals surface area (Å²) in [7, 11) is 0. The average molecular weight is 307 g/mol. The van der Waals surface area contributed by atoms with Gasteiger partial charge in [-0.25, -0.2) is 9.78 Å². The van der Waals surface area contributed by atoms with Gasteiger partial charge in [0.25, 0.3) is 0 Å². The molecule has 0 unspecified atom stereocenters. The summed E-state index contributed by atoms with van der Waals surface area (Å²) >= 11 is 0. The molecule has 0 aliphatic carbocycles. The third kappa shape index (κ3) is 3.31. The van der Waals surface area contributed by atoms with Gasteiger partial charge in [0.05, 0.1) is 17.8 Å². The normalized spacial score (nSPS) is 11.7. The van der Waals surface area contributed by atoms with Crippen LogP contribution in [0, 0.1) is 0 Å². The zero-order chi connectivity index (χ0) is 16.2. The van der Waals surface area contributed by atoms with Gasteiger partial charge in [0, 0.05) is 5.39 Å². The van der Waals surface area contributed by atoms with E-state index in [0.29, 0.717) is 12.4 Å². The highest BCUT2D eigenvalue weighted by Gasteiger charge is 2.11. The van der Waals surface area contributed by atoms with E-state index < -0.39 is 5.97 Å². The van der Waals surface area contributed by atoms with Crippen molar-refractivity contribution in [2.45, 2.75) is 13.8 Å². The summed E-state index contributed by atoms with van der Waals surface area (Å²) in [6.07, 6.45) is 1.86. The smallest absolute Gasteiger partial charge is 0.374 e. The first-order valence-corrected chi connectivity index (χ1v) is 7.49. The van der Waals surface area contributed by atoms with Crippen molar-refractivity contribution in [3.05, 3.63) is 65.7 Å². The zero-order valence-corrected chi connectivity index (χ0v) is 13.1. The second-order valence-corrected chi connectivity index (χ2v) is 5.14. The van der Waals surface area contributed by atoms with E-state index in [4.69, 9.17) is 9.15 Å². The third-order valence-electron chi connectivity index (χ3n) is 3.46. The van der Waals surface area contributed by atoms with Crippen LogP contribution in [-0.4, -0.2) is 17.6 Å². The minimum Gasteiger partial charge on any atom is -0.460 e. The van der Waals surface area contributed by atoms with Crippen molar-refractivity contribution in [1.82, 2.24) is 4.98 Å².